The van der Waals surface area contributed by atoms with Gasteiger partial charge in [0.25, 0.3) is 0 Å². The fourth-order valence-electron chi connectivity index (χ4n) is 1.39. The third-order valence-corrected chi connectivity index (χ3v) is 2.57. The lowest BCUT2D eigenvalue weighted by Crippen LogP contribution is -2.23. The summed E-state index contributed by atoms with van der Waals surface area (Å²) < 4.78 is 0. The molecule has 0 atom stereocenters. The van der Waals surface area contributed by atoms with Gasteiger partial charge in [0.15, 0.2) is 0 Å². The lowest BCUT2D eigenvalue weighted by atomic mass is 10.1. The minimum Gasteiger partial charge on any atom is -0.352 e. The Morgan fingerprint density at radius 2 is 1.81 bits per heavy atom. The van der Waals surface area contributed by atoms with E-state index in [0.717, 1.165) is 11.1 Å². The second-order valence-corrected chi connectivity index (χ2v) is 4.59. The Hall–Kier alpha value is -1.02. The molecule has 0 aliphatic carbocycles. The van der Waals surface area contributed by atoms with Crippen LogP contribution < -0.4 is 5.32 Å². The predicted molar refractivity (Wildman–Crippen MR) is 67.3 cm³/mol. The maximum absolute atomic E-state index is 11.4. The van der Waals surface area contributed by atoms with Crippen LogP contribution in [0.3, 0.4) is 0 Å². The molecule has 16 heavy (non-hydrogen) atoms. The molecule has 2 nitrogen and oxygen atoms in total. The molecule has 0 saturated carbocycles. The minimum absolute atomic E-state index is 0.108. The van der Waals surface area contributed by atoms with Crippen LogP contribution in [0.5, 0.6) is 0 Å². The second kappa shape index (κ2) is 6.54. The van der Waals surface area contributed by atoms with Crippen molar-refractivity contribution < 1.29 is 4.79 Å². The Balaban J connectivity index is 2.39. The first-order chi connectivity index (χ1) is 7.61. The van der Waals surface area contributed by atoms with Crippen LogP contribution in [0, 0.1) is 5.92 Å². The van der Waals surface area contributed by atoms with Gasteiger partial charge in [-0.15, -0.1) is 11.6 Å². The lowest BCUT2D eigenvalue weighted by Gasteiger charge is -2.07. The van der Waals surface area contributed by atoms with Crippen LogP contribution in [-0.4, -0.2) is 5.91 Å². The molecule has 1 rings (SSSR count). The molecule has 1 aromatic carbocycles. The van der Waals surface area contributed by atoms with E-state index >= 15 is 0 Å². The molecular formula is C13H18ClNO. The van der Waals surface area contributed by atoms with Crippen molar-refractivity contribution in [1.82, 2.24) is 5.32 Å². The summed E-state index contributed by atoms with van der Waals surface area (Å²) in [5.41, 5.74) is 2.20. The summed E-state index contributed by atoms with van der Waals surface area (Å²) in [7, 11) is 0. The number of carbonyl (C=O) groups excluding carboxylic acids is 1. The second-order valence-electron chi connectivity index (χ2n) is 4.32. The number of hydrogen-bond donors (Lipinski definition) is 1. The van der Waals surface area contributed by atoms with Gasteiger partial charge < -0.3 is 5.32 Å². The zero-order valence-electron chi connectivity index (χ0n) is 9.79. The van der Waals surface area contributed by atoms with Crippen LogP contribution in [0.2, 0.25) is 0 Å². The first-order valence-electron chi connectivity index (χ1n) is 5.52. The number of nitrogens with one attached hydrogen (secondary N) is 1. The average Bonchev–Trinajstić information content (AvgIpc) is 2.26. The quantitative estimate of drug-likeness (QED) is 0.787. The third-order valence-electron chi connectivity index (χ3n) is 2.26. The summed E-state index contributed by atoms with van der Waals surface area (Å²) in [5, 5.41) is 2.90. The summed E-state index contributed by atoms with van der Waals surface area (Å²) in [5.74, 6) is 1.04. The molecule has 0 aliphatic heterocycles. The summed E-state index contributed by atoms with van der Waals surface area (Å²) in [6.07, 6.45) is 0.583. The Kier molecular flexibility index (Phi) is 5.33. The highest BCUT2D eigenvalue weighted by molar-refractivity contribution is 6.17. The molecule has 0 bridgehead atoms. The van der Waals surface area contributed by atoms with E-state index in [-0.39, 0.29) is 5.91 Å². The Morgan fingerprint density at radius 1 is 1.25 bits per heavy atom. The topological polar surface area (TPSA) is 29.1 Å². The van der Waals surface area contributed by atoms with Crippen LogP contribution in [0.25, 0.3) is 0 Å². The first-order valence-corrected chi connectivity index (χ1v) is 6.05. The van der Waals surface area contributed by atoms with Gasteiger partial charge in [0, 0.05) is 18.8 Å². The Labute approximate surface area is 102 Å². The molecule has 88 valence electrons. The van der Waals surface area contributed by atoms with E-state index in [1.807, 2.05) is 38.1 Å². The lowest BCUT2D eigenvalue weighted by molar-refractivity contribution is -0.121. The molecular weight excluding hydrogens is 222 g/mol. The summed E-state index contributed by atoms with van der Waals surface area (Å²) in [6.45, 7) is 4.66. The standard InChI is InChI=1S/C13H18ClNO/c1-10(2)7-13(16)15-9-12-5-3-11(8-14)4-6-12/h3-6,10H,7-9H2,1-2H3,(H,15,16). The molecule has 0 saturated heterocycles. The molecule has 1 amide bonds. The summed E-state index contributed by atoms with van der Waals surface area (Å²) in [4.78, 5) is 11.4. The van der Waals surface area contributed by atoms with Crippen molar-refractivity contribution in [1.29, 1.82) is 0 Å². The van der Waals surface area contributed by atoms with E-state index in [1.54, 1.807) is 0 Å². The van der Waals surface area contributed by atoms with Crippen LogP contribution in [0.15, 0.2) is 24.3 Å². The largest absolute Gasteiger partial charge is 0.352 e. The van der Waals surface area contributed by atoms with Gasteiger partial charge in [-0.2, -0.15) is 0 Å². The molecule has 0 spiro atoms. The number of halogens is 1. The van der Waals surface area contributed by atoms with Crippen LogP contribution in [-0.2, 0) is 17.2 Å². The van der Waals surface area contributed by atoms with Gasteiger partial charge in [-0.1, -0.05) is 38.1 Å². The van der Waals surface area contributed by atoms with Crippen molar-refractivity contribution in [2.24, 2.45) is 5.92 Å². The highest BCUT2D eigenvalue weighted by atomic mass is 35.5. The fraction of sp³-hybridized carbons (Fsp3) is 0.462. The van der Waals surface area contributed by atoms with E-state index in [9.17, 15) is 4.79 Å². The summed E-state index contributed by atoms with van der Waals surface area (Å²) >= 11 is 5.69. The normalized spacial score (nSPS) is 10.5. The van der Waals surface area contributed by atoms with E-state index in [2.05, 4.69) is 5.32 Å². The number of alkyl halides is 1. The van der Waals surface area contributed by atoms with Gasteiger partial charge in [-0.3, -0.25) is 4.79 Å². The maximum atomic E-state index is 11.4. The summed E-state index contributed by atoms with van der Waals surface area (Å²) in [6, 6.07) is 7.95. The average molecular weight is 240 g/mol. The molecule has 0 aliphatic rings. The van der Waals surface area contributed by atoms with Gasteiger partial charge >= 0.3 is 0 Å². The first kappa shape index (κ1) is 13.0. The number of hydrogen-bond acceptors (Lipinski definition) is 1. The number of rotatable bonds is 5. The van der Waals surface area contributed by atoms with Crippen LogP contribution in [0.4, 0.5) is 0 Å². The van der Waals surface area contributed by atoms with Gasteiger partial charge in [0.1, 0.15) is 0 Å². The van der Waals surface area contributed by atoms with Crippen molar-refractivity contribution >= 4 is 17.5 Å². The van der Waals surface area contributed by atoms with Gasteiger partial charge in [0.2, 0.25) is 5.91 Å². The zero-order valence-corrected chi connectivity index (χ0v) is 10.6. The molecule has 1 aromatic rings. The fourth-order valence-corrected chi connectivity index (χ4v) is 1.57. The highest BCUT2D eigenvalue weighted by Gasteiger charge is 2.03. The highest BCUT2D eigenvalue weighted by Crippen LogP contribution is 2.07. The van der Waals surface area contributed by atoms with Gasteiger partial charge in [0.05, 0.1) is 0 Å². The van der Waals surface area contributed by atoms with Crippen LogP contribution >= 0.6 is 11.6 Å². The van der Waals surface area contributed by atoms with E-state index in [1.165, 1.54) is 0 Å². The van der Waals surface area contributed by atoms with Crippen molar-refractivity contribution in [3.05, 3.63) is 35.4 Å². The molecule has 1 N–H and O–H groups in total. The van der Waals surface area contributed by atoms with Crippen molar-refractivity contribution in [2.75, 3.05) is 0 Å². The monoisotopic (exact) mass is 239 g/mol. The number of benzene rings is 1. The SMILES string of the molecule is CC(C)CC(=O)NCc1ccc(CCl)cc1. The molecule has 3 heteroatoms. The molecule has 0 radical (unpaired) electrons. The molecule has 0 aromatic heterocycles. The van der Waals surface area contributed by atoms with E-state index < -0.39 is 0 Å². The predicted octanol–water partition coefficient (Wildman–Crippen LogP) is 3.09. The Morgan fingerprint density at radius 3 is 2.31 bits per heavy atom. The minimum atomic E-state index is 0.108. The van der Waals surface area contributed by atoms with Crippen molar-refractivity contribution in [3.8, 4) is 0 Å². The number of amides is 1. The molecule has 0 fully saturated rings. The molecule has 0 unspecified atom stereocenters. The van der Waals surface area contributed by atoms with Gasteiger partial charge in [-0.05, 0) is 17.0 Å². The maximum Gasteiger partial charge on any atom is 0.220 e. The van der Waals surface area contributed by atoms with E-state index in [0.29, 0.717) is 24.8 Å². The van der Waals surface area contributed by atoms with E-state index in [4.69, 9.17) is 11.6 Å². The Bertz CT molecular complexity index is 332. The van der Waals surface area contributed by atoms with Crippen LogP contribution in [0.1, 0.15) is 31.4 Å². The zero-order chi connectivity index (χ0) is 12.0. The molecule has 0 heterocycles. The van der Waals surface area contributed by atoms with Gasteiger partial charge in [-0.25, -0.2) is 0 Å². The van der Waals surface area contributed by atoms with Crippen molar-refractivity contribution in [3.63, 3.8) is 0 Å². The smallest absolute Gasteiger partial charge is 0.220 e. The van der Waals surface area contributed by atoms with Crippen molar-refractivity contribution in [2.45, 2.75) is 32.7 Å². The third kappa shape index (κ3) is 4.67. The number of carbonyl (C=O) groups is 1.